The highest BCUT2D eigenvalue weighted by Crippen LogP contribution is 2.31. The lowest BCUT2D eigenvalue weighted by Crippen LogP contribution is -2.18. The van der Waals surface area contributed by atoms with Crippen LogP contribution in [0.1, 0.15) is 26.5 Å². The molecule has 0 spiro atoms. The molecule has 0 bridgehead atoms. The van der Waals surface area contributed by atoms with Crippen molar-refractivity contribution in [2.75, 3.05) is 12.4 Å². The van der Waals surface area contributed by atoms with Crippen LogP contribution in [0, 0.1) is 6.92 Å². The maximum Gasteiger partial charge on any atom is 0.291 e. The third kappa shape index (κ3) is 2.86. The number of carbonyl (C=O) groups is 2. The number of hydrogen-bond acceptors (Lipinski definition) is 3. The highest BCUT2D eigenvalue weighted by atomic mass is 35.5. The quantitative estimate of drug-likeness (QED) is 0.755. The number of fused-ring (bicyclic) bond motifs is 1. The summed E-state index contributed by atoms with van der Waals surface area (Å²) in [6.07, 6.45) is 0. The lowest BCUT2D eigenvalue weighted by Gasteiger charge is -2.05. The van der Waals surface area contributed by atoms with Gasteiger partial charge in [0.2, 0.25) is 0 Å². The summed E-state index contributed by atoms with van der Waals surface area (Å²) in [5.74, 6) is -0.336. The largest absolute Gasteiger partial charge is 0.449 e. The maximum atomic E-state index is 12.5. The smallest absolute Gasteiger partial charge is 0.291 e. The molecular weight excluding hydrogens is 328 g/mol. The number of furan rings is 1. The Morgan fingerprint density at radius 3 is 2.38 bits per heavy atom. The van der Waals surface area contributed by atoms with E-state index < -0.39 is 0 Å². The van der Waals surface area contributed by atoms with Crippen LogP contribution in [0.3, 0.4) is 0 Å². The molecule has 0 saturated heterocycles. The van der Waals surface area contributed by atoms with Gasteiger partial charge < -0.3 is 15.1 Å². The normalized spacial score (nSPS) is 10.6. The number of carbonyl (C=O) groups excluding carboxylic acids is 2. The number of hydrogen-bond donors (Lipinski definition) is 2. The second kappa shape index (κ2) is 6.37. The summed E-state index contributed by atoms with van der Waals surface area (Å²) < 4.78 is 5.63. The highest BCUT2D eigenvalue weighted by Gasteiger charge is 2.19. The summed E-state index contributed by atoms with van der Waals surface area (Å²) in [4.78, 5) is 24.0. The molecule has 122 valence electrons. The number of anilines is 1. The van der Waals surface area contributed by atoms with Gasteiger partial charge in [0, 0.05) is 29.2 Å². The van der Waals surface area contributed by atoms with Crippen LogP contribution in [-0.4, -0.2) is 18.9 Å². The SMILES string of the molecule is CNC(=O)c1ccc(NC(=O)c2oc3c(Cl)cccc3c2C)cc1. The maximum absolute atomic E-state index is 12.5. The summed E-state index contributed by atoms with van der Waals surface area (Å²) in [6, 6.07) is 12.0. The van der Waals surface area contributed by atoms with Crippen LogP contribution in [0.2, 0.25) is 5.02 Å². The van der Waals surface area contributed by atoms with Gasteiger partial charge in [0.25, 0.3) is 11.8 Å². The Bertz CT molecular complexity index is 929. The Morgan fingerprint density at radius 2 is 1.75 bits per heavy atom. The molecule has 1 heterocycles. The molecule has 0 unspecified atom stereocenters. The molecule has 0 aliphatic carbocycles. The first-order chi connectivity index (χ1) is 11.5. The zero-order valence-electron chi connectivity index (χ0n) is 13.1. The van der Waals surface area contributed by atoms with Crippen LogP contribution >= 0.6 is 11.6 Å². The first-order valence-electron chi connectivity index (χ1n) is 7.32. The molecule has 3 rings (SSSR count). The molecule has 6 heteroatoms. The number of para-hydroxylation sites is 1. The zero-order valence-corrected chi connectivity index (χ0v) is 13.9. The van der Waals surface area contributed by atoms with E-state index in [4.69, 9.17) is 16.0 Å². The lowest BCUT2D eigenvalue weighted by atomic mass is 10.1. The Labute approximate surface area is 143 Å². The molecule has 0 saturated carbocycles. The number of nitrogens with one attached hydrogen (secondary N) is 2. The van der Waals surface area contributed by atoms with Gasteiger partial charge in [0.15, 0.2) is 11.3 Å². The van der Waals surface area contributed by atoms with Gasteiger partial charge in [-0.25, -0.2) is 0 Å². The van der Waals surface area contributed by atoms with Gasteiger partial charge in [-0.05, 0) is 37.3 Å². The Hall–Kier alpha value is -2.79. The summed E-state index contributed by atoms with van der Waals surface area (Å²) in [5.41, 5.74) is 2.31. The monoisotopic (exact) mass is 342 g/mol. The summed E-state index contributed by atoms with van der Waals surface area (Å²) in [5, 5.41) is 6.57. The Balaban J connectivity index is 1.86. The van der Waals surface area contributed by atoms with Gasteiger partial charge in [0.05, 0.1) is 5.02 Å². The minimum atomic E-state index is -0.368. The Kier molecular flexibility index (Phi) is 4.27. The van der Waals surface area contributed by atoms with Crippen molar-refractivity contribution in [3.8, 4) is 0 Å². The number of rotatable bonds is 3. The van der Waals surface area contributed by atoms with E-state index in [2.05, 4.69) is 10.6 Å². The molecule has 2 N–H and O–H groups in total. The highest BCUT2D eigenvalue weighted by molar-refractivity contribution is 6.35. The van der Waals surface area contributed by atoms with Gasteiger partial charge in [-0.1, -0.05) is 23.7 Å². The Morgan fingerprint density at radius 1 is 1.04 bits per heavy atom. The van der Waals surface area contributed by atoms with Crippen molar-refractivity contribution < 1.29 is 14.0 Å². The molecule has 5 nitrogen and oxygen atoms in total. The van der Waals surface area contributed by atoms with Crippen LogP contribution in [0.4, 0.5) is 5.69 Å². The van der Waals surface area contributed by atoms with E-state index in [1.807, 2.05) is 19.1 Å². The molecular formula is C18H15ClN2O3. The van der Waals surface area contributed by atoms with Crippen molar-refractivity contribution in [2.24, 2.45) is 0 Å². The molecule has 0 aliphatic rings. The van der Waals surface area contributed by atoms with E-state index in [-0.39, 0.29) is 17.6 Å². The minimum Gasteiger partial charge on any atom is -0.449 e. The zero-order chi connectivity index (χ0) is 17.3. The van der Waals surface area contributed by atoms with Gasteiger partial charge in [-0.15, -0.1) is 0 Å². The number of benzene rings is 2. The van der Waals surface area contributed by atoms with Gasteiger partial charge >= 0.3 is 0 Å². The van der Waals surface area contributed by atoms with E-state index in [0.717, 1.165) is 10.9 Å². The second-order valence-electron chi connectivity index (χ2n) is 5.28. The minimum absolute atomic E-state index is 0.185. The average Bonchev–Trinajstić information content (AvgIpc) is 2.93. The summed E-state index contributed by atoms with van der Waals surface area (Å²) in [6.45, 7) is 1.81. The fourth-order valence-electron chi connectivity index (χ4n) is 2.46. The van der Waals surface area contributed by atoms with E-state index >= 15 is 0 Å². The van der Waals surface area contributed by atoms with Gasteiger partial charge in [0.1, 0.15) is 0 Å². The van der Waals surface area contributed by atoms with Crippen LogP contribution in [0.5, 0.6) is 0 Å². The average molecular weight is 343 g/mol. The van der Waals surface area contributed by atoms with Crippen molar-refractivity contribution in [1.82, 2.24) is 5.32 Å². The van der Waals surface area contributed by atoms with Crippen molar-refractivity contribution >= 4 is 40.1 Å². The van der Waals surface area contributed by atoms with Crippen LogP contribution in [0.15, 0.2) is 46.9 Å². The van der Waals surface area contributed by atoms with Crippen molar-refractivity contribution in [3.63, 3.8) is 0 Å². The fraction of sp³-hybridized carbons (Fsp3) is 0.111. The van der Waals surface area contributed by atoms with Crippen molar-refractivity contribution in [2.45, 2.75) is 6.92 Å². The third-order valence-electron chi connectivity index (χ3n) is 3.75. The van der Waals surface area contributed by atoms with Crippen LogP contribution in [0.25, 0.3) is 11.0 Å². The van der Waals surface area contributed by atoms with Crippen molar-refractivity contribution in [1.29, 1.82) is 0 Å². The second-order valence-corrected chi connectivity index (χ2v) is 5.69. The number of aryl methyl sites for hydroxylation is 1. The summed E-state index contributed by atoms with van der Waals surface area (Å²) >= 11 is 6.10. The first-order valence-corrected chi connectivity index (χ1v) is 7.70. The lowest BCUT2D eigenvalue weighted by molar-refractivity contribution is 0.0962. The standard InChI is InChI=1S/C18H15ClN2O3/c1-10-13-4-3-5-14(19)16(13)24-15(10)18(23)21-12-8-6-11(7-9-12)17(22)20-2/h3-9H,1-2H3,(H,20,22)(H,21,23). The molecule has 3 aromatic rings. The van der Waals surface area contributed by atoms with Gasteiger partial charge in [-0.3, -0.25) is 9.59 Å². The number of amides is 2. The molecule has 2 aromatic carbocycles. The molecule has 0 fully saturated rings. The van der Waals surface area contributed by atoms with E-state index in [0.29, 0.717) is 21.9 Å². The molecule has 2 amide bonds. The third-order valence-corrected chi connectivity index (χ3v) is 4.05. The topological polar surface area (TPSA) is 71.3 Å². The van der Waals surface area contributed by atoms with Crippen LogP contribution < -0.4 is 10.6 Å². The molecule has 0 radical (unpaired) electrons. The fourth-order valence-corrected chi connectivity index (χ4v) is 2.68. The first kappa shape index (κ1) is 16.1. The number of halogens is 1. The predicted octanol–water partition coefficient (Wildman–Crippen LogP) is 4.01. The van der Waals surface area contributed by atoms with Crippen LogP contribution in [-0.2, 0) is 0 Å². The predicted molar refractivity (Wildman–Crippen MR) is 93.7 cm³/mol. The molecule has 24 heavy (non-hydrogen) atoms. The molecule has 0 aliphatic heterocycles. The van der Waals surface area contributed by atoms with Crippen molar-refractivity contribution in [3.05, 3.63) is 64.4 Å². The van der Waals surface area contributed by atoms with Gasteiger partial charge in [-0.2, -0.15) is 0 Å². The van der Waals surface area contributed by atoms with E-state index in [1.54, 1.807) is 37.4 Å². The van der Waals surface area contributed by atoms with E-state index in [9.17, 15) is 9.59 Å². The molecule has 0 atom stereocenters. The van der Waals surface area contributed by atoms with E-state index in [1.165, 1.54) is 0 Å². The molecule has 1 aromatic heterocycles. The summed E-state index contributed by atoms with van der Waals surface area (Å²) in [7, 11) is 1.56.